The van der Waals surface area contributed by atoms with Crippen molar-refractivity contribution < 1.29 is 18.3 Å². The summed E-state index contributed by atoms with van der Waals surface area (Å²) in [6, 6.07) is 2.00. The van der Waals surface area contributed by atoms with Gasteiger partial charge in [-0.05, 0) is 12.0 Å². The Hall–Kier alpha value is -1.77. The molecular weight excluding hydrogens is 221 g/mol. The fraction of sp³-hybridized carbons (Fsp3) is 0.400. The van der Waals surface area contributed by atoms with Crippen LogP contribution < -0.4 is 5.11 Å². The molecule has 86 valence electrons. The third-order valence-corrected chi connectivity index (χ3v) is 2.01. The third-order valence-electron chi connectivity index (χ3n) is 2.01. The Labute approximate surface area is 90.2 Å². The molecule has 1 aromatic heterocycles. The van der Waals surface area contributed by atoms with Gasteiger partial charge in [0.05, 0.1) is 11.1 Å². The Morgan fingerprint density at radius 3 is 2.38 bits per heavy atom. The summed E-state index contributed by atoms with van der Waals surface area (Å²) in [5.74, 6) is -1.43. The summed E-state index contributed by atoms with van der Waals surface area (Å²) in [6.45, 7) is 3.24. The molecule has 0 amide bonds. The Morgan fingerprint density at radius 2 is 2.00 bits per heavy atom. The zero-order chi connectivity index (χ0) is 12.5. The van der Waals surface area contributed by atoms with Crippen LogP contribution >= 0.6 is 0 Å². The highest BCUT2D eigenvalue weighted by molar-refractivity contribution is 5.46. The van der Waals surface area contributed by atoms with E-state index in [1.54, 1.807) is 13.8 Å². The van der Waals surface area contributed by atoms with E-state index < -0.39 is 23.2 Å². The van der Waals surface area contributed by atoms with E-state index in [2.05, 4.69) is 4.98 Å². The minimum absolute atomic E-state index is 0.0383. The Kier molecular flexibility index (Phi) is 3.08. The first-order valence-electron chi connectivity index (χ1n) is 4.46. The first kappa shape index (κ1) is 12.3. The highest BCUT2D eigenvalue weighted by Gasteiger charge is 2.34. The monoisotopic (exact) mass is 229 g/mol. The van der Waals surface area contributed by atoms with Crippen molar-refractivity contribution in [2.45, 2.75) is 25.9 Å². The van der Waals surface area contributed by atoms with Gasteiger partial charge in [-0.25, -0.2) is 0 Å². The van der Waals surface area contributed by atoms with Crippen molar-refractivity contribution in [1.29, 1.82) is 5.26 Å². The van der Waals surface area contributed by atoms with Crippen LogP contribution in [0.5, 0.6) is 5.88 Å². The zero-order valence-electron chi connectivity index (χ0n) is 8.59. The Bertz CT molecular complexity index is 447. The van der Waals surface area contributed by atoms with Gasteiger partial charge in [-0.3, -0.25) is 4.98 Å². The van der Waals surface area contributed by atoms with Crippen molar-refractivity contribution in [3.63, 3.8) is 0 Å². The van der Waals surface area contributed by atoms with Gasteiger partial charge in [0, 0.05) is 11.6 Å². The predicted molar refractivity (Wildman–Crippen MR) is 47.5 cm³/mol. The lowest BCUT2D eigenvalue weighted by molar-refractivity contribution is -0.276. The minimum Gasteiger partial charge on any atom is -0.858 e. The number of hydrogen-bond donors (Lipinski definition) is 0. The maximum Gasteiger partial charge on any atom is 0.417 e. The van der Waals surface area contributed by atoms with Crippen molar-refractivity contribution in [2.75, 3.05) is 0 Å². The average molecular weight is 229 g/mol. The Morgan fingerprint density at radius 1 is 1.44 bits per heavy atom. The first-order chi connectivity index (χ1) is 7.27. The molecular formula is C10H8F3N2O-. The minimum atomic E-state index is -4.71. The number of alkyl halides is 3. The van der Waals surface area contributed by atoms with Crippen LogP contribution in [-0.2, 0) is 6.18 Å². The molecule has 0 saturated heterocycles. The molecule has 16 heavy (non-hydrogen) atoms. The second-order valence-corrected chi connectivity index (χ2v) is 3.54. The van der Waals surface area contributed by atoms with Crippen molar-refractivity contribution >= 4 is 0 Å². The molecule has 0 atom stereocenters. The molecule has 0 unspecified atom stereocenters. The topological polar surface area (TPSA) is 59.7 Å². The van der Waals surface area contributed by atoms with Crippen molar-refractivity contribution in [1.82, 2.24) is 4.98 Å². The van der Waals surface area contributed by atoms with Crippen LogP contribution in [0.2, 0.25) is 0 Å². The summed E-state index contributed by atoms with van der Waals surface area (Å²) in [4.78, 5) is 3.44. The number of rotatable bonds is 1. The molecule has 1 rings (SSSR count). The van der Waals surface area contributed by atoms with E-state index in [1.165, 1.54) is 6.07 Å². The maximum absolute atomic E-state index is 12.5. The van der Waals surface area contributed by atoms with Gasteiger partial charge in [0.25, 0.3) is 0 Å². The summed E-state index contributed by atoms with van der Waals surface area (Å²) in [5, 5.41) is 19.7. The van der Waals surface area contributed by atoms with Crippen LogP contribution in [-0.4, -0.2) is 4.98 Å². The van der Waals surface area contributed by atoms with E-state index in [0.29, 0.717) is 0 Å². The molecule has 0 aromatic carbocycles. The summed E-state index contributed by atoms with van der Waals surface area (Å²) < 4.78 is 37.6. The normalized spacial score (nSPS) is 11.6. The lowest BCUT2D eigenvalue weighted by atomic mass is 10.0. The van der Waals surface area contributed by atoms with Crippen LogP contribution in [0.3, 0.4) is 0 Å². The second-order valence-electron chi connectivity index (χ2n) is 3.54. The molecule has 0 bridgehead atoms. The molecule has 0 radical (unpaired) electrons. The highest BCUT2D eigenvalue weighted by atomic mass is 19.4. The number of aromatic nitrogens is 1. The molecule has 6 heteroatoms. The molecule has 0 fully saturated rings. The molecule has 0 aliphatic carbocycles. The fourth-order valence-corrected chi connectivity index (χ4v) is 1.17. The lowest BCUT2D eigenvalue weighted by Gasteiger charge is -2.17. The van der Waals surface area contributed by atoms with Gasteiger partial charge in [0.15, 0.2) is 0 Å². The quantitative estimate of drug-likeness (QED) is 0.741. The number of hydrogen-bond acceptors (Lipinski definition) is 3. The standard InChI is InChI=1S/C10H9F3N2O/c1-5(2)8-3-7(10(11,12)13)6(4-14)9(16)15-8/h3,5H,1-2H3,(H,15,16)/p-1. The van der Waals surface area contributed by atoms with Gasteiger partial charge >= 0.3 is 6.18 Å². The summed E-state index contributed by atoms with van der Waals surface area (Å²) in [5.41, 5.74) is -2.12. The average Bonchev–Trinajstić information content (AvgIpc) is 2.14. The van der Waals surface area contributed by atoms with Gasteiger partial charge in [0.1, 0.15) is 6.07 Å². The molecule has 0 aliphatic rings. The predicted octanol–water partition coefficient (Wildman–Crippen LogP) is 2.17. The molecule has 1 heterocycles. The van der Waals surface area contributed by atoms with E-state index in [4.69, 9.17) is 5.26 Å². The van der Waals surface area contributed by atoms with Crippen LogP contribution in [0.15, 0.2) is 6.07 Å². The van der Waals surface area contributed by atoms with E-state index in [9.17, 15) is 18.3 Å². The molecule has 0 saturated carbocycles. The van der Waals surface area contributed by atoms with Crippen LogP contribution in [0.25, 0.3) is 0 Å². The SMILES string of the molecule is CC(C)c1cc(C(F)(F)F)c(C#N)c([O-])n1. The lowest BCUT2D eigenvalue weighted by Crippen LogP contribution is -2.13. The Balaban J connectivity index is 3.51. The smallest absolute Gasteiger partial charge is 0.417 e. The van der Waals surface area contributed by atoms with Crippen LogP contribution in [0, 0.1) is 11.3 Å². The zero-order valence-corrected chi connectivity index (χ0v) is 8.59. The van der Waals surface area contributed by atoms with Crippen molar-refractivity contribution in [3.8, 4) is 11.9 Å². The van der Waals surface area contributed by atoms with E-state index in [0.717, 1.165) is 6.07 Å². The maximum atomic E-state index is 12.5. The molecule has 0 aliphatic heterocycles. The number of pyridine rings is 1. The van der Waals surface area contributed by atoms with Gasteiger partial charge in [0.2, 0.25) is 0 Å². The highest BCUT2D eigenvalue weighted by Crippen LogP contribution is 2.35. The van der Waals surface area contributed by atoms with Crippen LogP contribution in [0.1, 0.15) is 36.6 Å². The van der Waals surface area contributed by atoms with Crippen molar-refractivity contribution in [2.24, 2.45) is 0 Å². The van der Waals surface area contributed by atoms with E-state index in [1.807, 2.05) is 0 Å². The summed E-state index contributed by atoms with van der Waals surface area (Å²) >= 11 is 0. The molecule has 0 N–H and O–H groups in total. The second kappa shape index (κ2) is 4.00. The number of nitriles is 1. The van der Waals surface area contributed by atoms with E-state index >= 15 is 0 Å². The van der Waals surface area contributed by atoms with Gasteiger partial charge in [-0.1, -0.05) is 13.8 Å². The molecule has 0 spiro atoms. The van der Waals surface area contributed by atoms with Gasteiger partial charge < -0.3 is 5.11 Å². The van der Waals surface area contributed by atoms with Crippen molar-refractivity contribution in [3.05, 3.63) is 22.9 Å². The van der Waals surface area contributed by atoms with Gasteiger partial charge in [-0.15, -0.1) is 0 Å². The third kappa shape index (κ3) is 2.24. The number of halogens is 3. The van der Waals surface area contributed by atoms with Gasteiger partial charge in [-0.2, -0.15) is 18.4 Å². The molecule has 1 aromatic rings. The fourth-order valence-electron chi connectivity index (χ4n) is 1.17. The summed E-state index contributed by atoms with van der Waals surface area (Å²) in [7, 11) is 0. The van der Waals surface area contributed by atoms with Crippen LogP contribution in [0.4, 0.5) is 13.2 Å². The van der Waals surface area contributed by atoms with E-state index in [-0.39, 0.29) is 11.6 Å². The first-order valence-corrected chi connectivity index (χ1v) is 4.46. The molecule has 3 nitrogen and oxygen atoms in total. The number of nitrogens with zero attached hydrogens (tertiary/aromatic N) is 2. The largest absolute Gasteiger partial charge is 0.858 e. The summed E-state index contributed by atoms with van der Waals surface area (Å²) in [6.07, 6.45) is -4.71.